The monoisotopic (exact) mass is 505 g/mol. The predicted octanol–water partition coefficient (Wildman–Crippen LogP) is 3.92. The van der Waals surface area contributed by atoms with Crippen molar-refractivity contribution in [2.75, 3.05) is 51.8 Å². The van der Waals surface area contributed by atoms with Gasteiger partial charge >= 0.3 is 0 Å². The van der Waals surface area contributed by atoms with Gasteiger partial charge in [0.2, 0.25) is 10.0 Å². The summed E-state index contributed by atoms with van der Waals surface area (Å²) in [5, 5.41) is 1.02. The van der Waals surface area contributed by atoms with Crippen molar-refractivity contribution < 1.29 is 13.2 Å². The Bertz CT molecular complexity index is 1060. The van der Waals surface area contributed by atoms with Crippen LogP contribution in [0, 0.1) is 0 Å². The summed E-state index contributed by atoms with van der Waals surface area (Å²) in [4.78, 5) is 4.72. The number of likely N-dealkylation sites (N-methyl/N-ethyl adjacent to an activating group) is 1. The normalized spacial score (nSPS) is 17.7. The zero-order valence-electron chi connectivity index (χ0n) is 17.5. The van der Waals surface area contributed by atoms with Gasteiger partial charge in [-0.2, -0.15) is 4.31 Å². The summed E-state index contributed by atoms with van der Waals surface area (Å²) in [5.74, 6) is 0.684. The van der Waals surface area contributed by atoms with Crippen LogP contribution in [0.2, 0.25) is 10.0 Å². The third-order valence-electron chi connectivity index (χ3n) is 5.88. The van der Waals surface area contributed by atoms with E-state index in [-0.39, 0.29) is 23.8 Å². The number of benzene rings is 2. The highest BCUT2D eigenvalue weighted by Gasteiger charge is 2.31. The molecule has 0 aromatic heterocycles. The Morgan fingerprint density at radius 2 is 1.71 bits per heavy atom. The molecule has 2 aromatic rings. The highest BCUT2D eigenvalue weighted by atomic mass is 35.5. The largest absolute Gasteiger partial charge is 0.495 e. The fourth-order valence-electron chi connectivity index (χ4n) is 4.04. The first kappa shape index (κ1) is 24.4. The molecule has 0 amide bonds. The standard InChI is InChI=1S/C21H25Cl2N3O3S.ClH/c1-24-9-11-25(12-10-24)19-13-16(4-6-20(19)29-2)30(27,28)26-8-7-17-15(14-26)3-5-18(22)21(17)23;/h3-6,13H,7-12,14H2,1-2H3;1H. The number of halogens is 3. The molecule has 0 saturated carbocycles. The van der Waals surface area contributed by atoms with Gasteiger partial charge in [-0.15, -0.1) is 12.4 Å². The number of sulfonamides is 1. The molecule has 170 valence electrons. The van der Waals surface area contributed by atoms with Crippen molar-refractivity contribution in [2.24, 2.45) is 0 Å². The number of hydrogen-bond donors (Lipinski definition) is 0. The first-order chi connectivity index (χ1) is 14.3. The van der Waals surface area contributed by atoms with Crippen LogP contribution in [0.3, 0.4) is 0 Å². The summed E-state index contributed by atoms with van der Waals surface area (Å²) >= 11 is 12.4. The molecular weight excluding hydrogens is 481 g/mol. The molecule has 0 unspecified atom stereocenters. The van der Waals surface area contributed by atoms with Crippen molar-refractivity contribution in [3.8, 4) is 5.75 Å². The Morgan fingerprint density at radius 3 is 2.39 bits per heavy atom. The number of piperazine rings is 1. The van der Waals surface area contributed by atoms with Gasteiger partial charge in [0.15, 0.2) is 0 Å². The van der Waals surface area contributed by atoms with Crippen LogP contribution in [-0.4, -0.2) is 64.5 Å². The van der Waals surface area contributed by atoms with E-state index in [1.807, 2.05) is 6.07 Å². The molecule has 1 saturated heterocycles. The summed E-state index contributed by atoms with van der Waals surface area (Å²) in [7, 11) is 0.0370. The van der Waals surface area contributed by atoms with Gasteiger partial charge in [-0.05, 0) is 48.9 Å². The van der Waals surface area contributed by atoms with Crippen molar-refractivity contribution in [3.63, 3.8) is 0 Å². The zero-order valence-corrected chi connectivity index (χ0v) is 20.6. The van der Waals surface area contributed by atoms with Crippen LogP contribution >= 0.6 is 35.6 Å². The fourth-order valence-corrected chi connectivity index (χ4v) is 5.93. The highest BCUT2D eigenvalue weighted by Crippen LogP contribution is 2.36. The molecule has 2 heterocycles. The molecule has 2 aliphatic rings. The van der Waals surface area contributed by atoms with Crippen molar-refractivity contribution in [1.29, 1.82) is 0 Å². The number of hydrogen-bond acceptors (Lipinski definition) is 5. The Morgan fingerprint density at radius 1 is 1.00 bits per heavy atom. The topological polar surface area (TPSA) is 53.1 Å². The van der Waals surface area contributed by atoms with E-state index < -0.39 is 10.0 Å². The molecule has 0 radical (unpaired) electrons. The molecule has 4 rings (SSSR count). The van der Waals surface area contributed by atoms with Gasteiger partial charge in [0.05, 0.1) is 27.7 Å². The van der Waals surface area contributed by atoms with E-state index in [2.05, 4.69) is 16.8 Å². The SMILES string of the molecule is COc1ccc(S(=O)(=O)N2CCc3c(ccc(Cl)c3Cl)C2)cc1N1CCN(C)CC1.Cl. The lowest BCUT2D eigenvalue weighted by Crippen LogP contribution is -2.44. The summed E-state index contributed by atoms with van der Waals surface area (Å²) in [6, 6.07) is 8.68. The molecule has 6 nitrogen and oxygen atoms in total. The van der Waals surface area contributed by atoms with E-state index in [0.717, 1.165) is 43.0 Å². The maximum absolute atomic E-state index is 13.4. The van der Waals surface area contributed by atoms with Crippen molar-refractivity contribution in [1.82, 2.24) is 9.21 Å². The molecule has 2 aromatic carbocycles. The molecular formula is C21H26Cl3N3O3S. The van der Waals surface area contributed by atoms with Crippen molar-refractivity contribution >= 4 is 51.3 Å². The van der Waals surface area contributed by atoms with E-state index in [1.165, 1.54) is 4.31 Å². The molecule has 2 aliphatic heterocycles. The maximum atomic E-state index is 13.4. The van der Waals surface area contributed by atoms with Crippen LogP contribution in [-0.2, 0) is 23.0 Å². The quantitative estimate of drug-likeness (QED) is 0.629. The molecule has 0 N–H and O–H groups in total. The van der Waals surface area contributed by atoms with Crippen LogP contribution in [0.5, 0.6) is 5.75 Å². The summed E-state index contributed by atoms with van der Waals surface area (Å²) in [6.45, 7) is 4.15. The average Bonchev–Trinajstić information content (AvgIpc) is 2.76. The minimum Gasteiger partial charge on any atom is -0.495 e. The number of rotatable bonds is 4. The second-order valence-electron chi connectivity index (χ2n) is 7.71. The first-order valence-corrected chi connectivity index (χ1v) is 12.1. The van der Waals surface area contributed by atoms with Crippen molar-refractivity contribution in [3.05, 3.63) is 51.5 Å². The fraction of sp³-hybridized carbons (Fsp3) is 0.429. The number of nitrogens with zero attached hydrogens (tertiary/aromatic N) is 3. The number of fused-ring (bicyclic) bond motifs is 1. The maximum Gasteiger partial charge on any atom is 0.243 e. The Kier molecular flexibility index (Phi) is 7.66. The lowest BCUT2D eigenvalue weighted by molar-refractivity contribution is 0.311. The molecule has 10 heteroatoms. The van der Waals surface area contributed by atoms with Gasteiger partial charge < -0.3 is 14.5 Å². The van der Waals surface area contributed by atoms with Crippen LogP contribution in [0.1, 0.15) is 11.1 Å². The van der Waals surface area contributed by atoms with Gasteiger partial charge in [0.1, 0.15) is 5.75 Å². The van der Waals surface area contributed by atoms with E-state index >= 15 is 0 Å². The molecule has 0 aliphatic carbocycles. The molecule has 0 spiro atoms. The van der Waals surface area contributed by atoms with Crippen molar-refractivity contribution in [2.45, 2.75) is 17.9 Å². The minimum absolute atomic E-state index is 0. The first-order valence-electron chi connectivity index (χ1n) is 9.88. The van der Waals surface area contributed by atoms with Crippen LogP contribution < -0.4 is 9.64 Å². The Hall–Kier alpha value is -1.22. The predicted molar refractivity (Wildman–Crippen MR) is 128 cm³/mol. The van der Waals surface area contributed by atoms with E-state index in [0.29, 0.717) is 28.8 Å². The highest BCUT2D eigenvalue weighted by molar-refractivity contribution is 7.89. The summed E-state index contributed by atoms with van der Waals surface area (Å²) in [5.41, 5.74) is 2.65. The summed E-state index contributed by atoms with van der Waals surface area (Å²) in [6.07, 6.45) is 0.537. The Labute approximate surface area is 200 Å². The number of ether oxygens (including phenoxy) is 1. The van der Waals surface area contributed by atoms with Gasteiger partial charge in [-0.3, -0.25) is 0 Å². The van der Waals surface area contributed by atoms with E-state index in [1.54, 1.807) is 31.4 Å². The molecule has 0 bridgehead atoms. The van der Waals surface area contributed by atoms with Gasteiger partial charge in [0, 0.05) is 39.3 Å². The van der Waals surface area contributed by atoms with Gasteiger partial charge in [-0.1, -0.05) is 29.3 Å². The molecule has 1 fully saturated rings. The second kappa shape index (κ2) is 9.73. The molecule has 31 heavy (non-hydrogen) atoms. The lowest BCUT2D eigenvalue weighted by Gasteiger charge is -2.35. The average molecular weight is 507 g/mol. The van der Waals surface area contributed by atoms with Gasteiger partial charge in [0.25, 0.3) is 0 Å². The minimum atomic E-state index is -3.66. The third kappa shape index (κ3) is 4.77. The number of anilines is 1. The van der Waals surface area contributed by atoms with Crippen LogP contribution in [0.25, 0.3) is 0 Å². The molecule has 0 atom stereocenters. The second-order valence-corrected chi connectivity index (χ2v) is 10.4. The van der Waals surface area contributed by atoms with Gasteiger partial charge in [-0.25, -0.2) is 8.42 Å². The third-order valence-corrected chi connectivity index (χ3v) is 8.57. The summed E-state index contributed by atoms with van der Waals surface area (Å²) < 4.78 is 33.9. The van der Waals surface area contributed by atoms with E-state index in [9.17, 15) is 8.42 Å². The zero-order chi connectivity index (χ0) is 21.5. The van der Waals surface area contributed by atoms with E-state index in [4.69, 9.17) is 27.9 Å². The lowest BCUT2D eigenvalue weighted by atomic mass is 10.0. The Balaban J connectivity index is 0.00000272. The number of methoxy groups -OCH3 is 1. The van der Waals surface area contributed by atoms with Crippen LogP contribution in [0.15, 0.2) is 35.2 Å². The smallest absolute Gasteiger partial charge is 0.243 e. The van der Waals surface area contributed by atoms with Crippen LogP contribution in [0.4, 0.5) is 5.69 Å².